The first-order valence-corrected chi connectivity index (χ1v) is 12.1. The lowest BCUT2D eigenvalue weighted by Crippen LogP contribution is -2.36. The Hall–Kier alpha value is -3.75. The molecule has 1 aliphatic carbocycles. The average Bonchev–Trinajstić information content (AvgIpc) is 3.13. The molecule has 0 spiro atoms. The highest BCUT2D eigenvalue weighted by Gasteiger charge is 2.42. The van der Waals surface area contributed by atoms with E-state index in [1.807, 2.05) is 31.2 Å². The molecule has 6 nitrogen and oxygen atoms in total. The zero-order valence-electron chi connectivity index (χ0n) is 20.5. The van der Waals surface area contributed by atoms with Crippen molar-refractivity contribution in [3.63, 3.8) is 0 Å². The normalized spacial score (nSPS) is 21.3. The third-order valence-electron chi connectivity index (χ3n) is 6.64. The number of benzene rings is 2. The van der Waals surface area contributed by atoms with Crippen molar-refractivity contribution < 1.29 is 37.3 Å². The van der Waals surface area contributed by atoms with E-state index >= 15 is 0 Å². The molecule has 37 heavy (non-hydrogen) atoms. The first-order chi connectivity index (χ1) is 17.6. The highest BCUT2D eigenvalue weighted by atomic mass is 19.4. The Balaban J connectivity index is 1.76. The number of ether oxygens (including phenoxy) is 2. The van der Waals surface area contributed by atoms with Crippen molar-refractivity contribution >= 4 is 12.1 Å². The summed E-state index contributed by atoms with van der Waals surface area (Å²) in [4.78, 5) is 25.6. The van der Waals surface area contributed by atoms with Gasteiger partial charge in [-0.2, -0.15) is 13.2 Å². The van der Waals surface area contributed by atoms with E-state index in [2.05, 4.69) is 0 Å². The number of rotatable bonds is 8. The standard InChI is InChI=1S/C28H28F3NO5/c1-3-36-24-12-9-18(14-25(33)34)13-23(24)22-11-10-21(28(29,30)31)15-20(22)16-32-17(2)26(37-27(32)35)19-7-5-4-6-8-19/h4-7,9-13,15,17,19,26H,3,8,14,16H2,1-2H3,(H,33,34)/t17-,19?,26-/m0/s1. The van der Waals surface area contributed by atoms with E-state index in [1.54, 1.807) is 25.1 Å². The summed E-state index contributed by atoms with van der Waals surface area (Å²) in [6, 6.07) is 7.82. The number of alkyl halides is 3. The summed E-state index contributed by atoms with van der Waals surface area (Å²) < 4.78 is 52.4. The molecule has 2 aromatic rings. The number of halogens is 3. The molecule has 196 valence electrons. The summed E-state index contributed by atoms with van der Waals surface area (Å²) in [5.74, 6) is -0.645. The van der Waals surface area contributed by atoms with Crippen LogP contribution in [-0.2, 0) is 28.7 Å². The SMILES string of the molecule is CCOc1ccc(CC(=O)O)cc1-c1ccc(C(F)(F)F)cc1CN1C(=O)O[C@H](C2C=CC=CC2)[C@@H]1C. The van der Waals surface area contributed by atoms with Gasteiger partial charge in [-0.1, -0.05) is 36.4 Å². The quantitative estimate of drug-likeness (QED) is 0.451. The number of carbonyl (C=O) groups is 2. The van der Waals surface area contributed by atoms with Crippen molar-refractivity contribution in [2.24, 2.45) is 5.92 Å². The van der Waals surface area contributed by atoms with E-state index in [0.717, 1.165) is 12.1 Å². The zero-order chi connectivity index (χ0) is 26.7. The second-order valence-electron chi connectivity index (χ2n) is 9.13. The van der Waals surface area contributed by atoms with Crippen LogP contribution in [0.4, 0.5) is 18.0 Å². The monoisotopic (exact) mass is 515 g/mol. The highest BCUT2D eigenvalue weighted by molar-refractivity contribution is 5.78. The molecule has 2 aliphatic rings. The van der Waals surface area contributed by atoms with Gasteiger partial charge in [-0.3, -0.25) is 9.69 Å². The maximum atomic E-state index is 13.7. The number of amides is 1. The third-order valence-corrected chi connectivity index (χ3v) is 6.64. The van der Waals surface area contributed by atoms with E-state index in [1.165, 1.54) is 11.0 Å². The van der Waals surface area contributed by atoms with Crippen molar-refractivity contribution in [1.82, 2.24) is 4.90 Å². The molecule has 0 bridgehead atoms. The molecule has 3 atom stereocenters. The number of allylic oxidation sites excluding steroid dienone is 3. The van der Waals surface area contributed by atoms with Gasteiger partial charge in [0, 0.05) is 11.5 Å². The Morgan fingerprint density at radius 3 is 2.59 bits per heavy atom. The van der Waals surface area contributed by atoms with Crippen LogP contribution in [0.5, 0.6) is 5.75 Å². The van der Waals surface area contributed by atoms with Crippen LogP contribution in [0.3, 0.4) is 0 Å². The molecule has 0 saturated carbocycles. The van der Waals surface area contributed by atoms with Crippen LogP contribution in [0.15, 0.2) is 60.7 Å². The van der Waals surface area contributed by atoms with Gasteiger partial charge in [0.05, 0.1) is 31.2 Å². The molecule has 1 N–H and O–H groups in total. The van der Waals surface area contributed by atoms with Gasteiger partial charge < -0.3 is 14.6 Å². The van der Waals surface area contributed by atoms with Gasteiger partial charge in [0.1, 0.15) is 11.9 Å². The van der Waals surface area contributed by atoms with Crippen LogP contribution in [0, 0.1) is 5.92 Å². The highest BCUT2D eigenvalue weighted by Crippen LogP contribution is 2.39. The minimum atomic E-state index is -4.58. The molecule has 0 radical (unpaired) electrons. The van der Waals surface area contributed by atoms with E-state index in [-0.39, 0.29) is 30.5 Å². The van der Waals surface area contributed by atoms with Gasteiger partial charge in [0.2, 0.25) is 0 Å². The van der Waals surface area contributed by atoms with Gasteiger partial charge in [-0.05, 0) is 61.2 Å². The number of cyclic esters (lactones) is 1. The van der Waals surface area contributed by atoms with Crippen molar-refractivity contribution in [1.29, 1.82) is 0 Å². The summed E-state index contributed by atoms with van der Waals surface area (Å²) in [7, 11) is 0. The molecule has 1 saturated heterocycles. The Morgan fingerprint density at radius 2 is 1.95 bits per heavy atom. The van der Waals surface area contributed by atoms with Crippen LogP contribution < -0.4 is 4.74 Å². The third kappa shape index (κ3) is 5.81. The van der Waals surface area contributed by atoms with Crippen LogP contribution in [-0.4, -0.2) is 40.8 Å². The number of carboxylic acid groups (broad SMARTS) is 1. The number of aliphatic carboxylic acids is 1. The molecule has 1 fully saturated rings. The summed E-state index contributed by atoms with van der Waals surface area (Å²) in [5, 5.41) is 9.24. The van der Waals surface area contributed by atoms with Crippen molar-refractivity contribution in [3.8, 4) is 16.9 Å². The van der Waals surface area contributed by atoms with Gasteiger partial charge in [-0.25, -0.2) is 4.79 Å². The van der Waals surface area contributed by atoms with Gasteiger partial charge in [0.25, 0.3) is 0 Å². The minimum Gasteiger partial charge on any atom is -0.493 e. The first kappa shape index (κ1) is 26.3. The Bertz CT molecular complexity index is 1240. The fraction of sp³-hybridized carbons (Fsp3) is 0.357. The molecule has 1 heterocycles. The summed E-state index contributed by atoms with van der Waals surface area (Å²) in [5.41, 5.74) is 0.770. The molecule has 1 amide bonds. The van der Waals surface area contributed by atoms with Crippen molar-refractivity contribution in [2.45, 2.75) is 51.6 Å². The maximum Gasteiger partial charge on any atom is 0.416 e. The van der Waals surface area contributed by atoms with Crippen LogP contribution in [0.1, 0.15) is 37.0 Å². The number of carbonyl (C=O) groups excluding carboxylic acids is 1. The van der Waals surface area contributed by atoms with Crippen LogP contribution >= 0.6 is 0 Å². The number of hydrogen-bond acceptors (Lipinski definition) is 4. The van der Waals surface area contributed by atoms with E-state index < -0.39 is 29.9 Å². The smallest absolute Gasteiger partial charge is 0.416 e. The fourth-order valence-corrected chi connectivity index (χ4v) is 4.82. The molecule has 1 unspecified atom stereocenters. The largest absolute Gasteiger partial charge is 0.493 e. The topological polar surface area (TPSA) is 76.1 Å². The molecule has 1 aliphatic heterocycles. The van der Waals surface area contributed by atoms with Crippen molar-refractivity contribution in [3.05, 3.63) is 77.4 Å². The lowest BCUT2D eigenvalue weighted by molar-refractivity contribution is -0.138. The summed E-state index contributed by atoms with van der Waals surface area (Å²) >= 11 is 0. The zero-order valence-corrected chi connectivity index (χ0v) is 20.5. The Morgan fingerprint density at radius 1 is 1.16 bits per heavy atom. The molecular weight excluding hydrogens is 487 g/mol. The fourth-order valence-electron chi connectivity index (χ4n) is 4.82. The van der Waals surface area contributed by atoms with Crippen LogP contribution in [0.25, 0.3) is 11.1 Å². The van der Waals surface area contributed by atoms with E-state index in [0.29, 0.717) is 35.5 Å². The number of hydrogen-bond donors (Lipinski definition) is 1. The lowest BCUT2D eigenvalue weighted by Gasteiger charge is -2.26. The molecule has 0 aromatic heterocycles. The Kier molecular flexibility index (Phi) is 7.61. The van der Waals surface area contributed by atoms with Gasteiger partial charge >= 0.3 is 18.2 Å². The molecular formula is C28H28F3NO5. The van der Waals surface area contributed by atoms with Gasteiger partial charge in [-0.15, -0.1) is 0 Å². The summed E-state index contributed by atoms with van der Waals surface area (Å²) in [6.07, 6.45) is 2.61. The number of carboxylic acids is 1. The second kappa shape index (κ2) is 10.7. The van der Waals surface area contributed by atoms with E-state index in [9.17, 15) is 27.9 Å². The molecule has 9 heteroatoms. The maximum absolute atomic E-state index is 13.7. The van der Waals surface area contributed by atoms with Crippen LogP contribution in [0.2, 0.25) is 0 Å². The molecule has 4 rings (SSSR count). The predicted molar refractivity (Wildman–Crippen MR) is 131 cm³/mol. The average molecular weight is 516 g/mol. The first-order valence-electron chi connectivity index (χ1n) is 12.1. The van der Waals surface area contributed by atoms with Crippen molar-refractivity contribution in [2.75, 3.05) is 6.61 Å². The lowest BCUT2D eigenvalue weighted by atomic mass is 9.90. The Labute approximate surface area is 213 Å². The minimum absolute atomic E-state index is 0.0211. The number of nitrogens with zero attached hydrogens (tertiary/aromatic N) is 1. The second-order valence-corrected chi connectivity index (χ2v) is 9.13. The van der Waals surface area contributed by atoms with E-state index in [4.69, 9.17) is 9.47 Å². The summed E-state index contributed by atoms with van der Waals surface area (Å²) in [6.45, 7) is 3.80. The predicted octanol–water partition coefficient (Wildman–Crippen LogP) is 6.24. The molecule has 2 aromatic carbocycles. The van der Waals surface area contributed by atoms with Gasteiger partial charge in [0.15, 0.2) is 0 Å².